The SMILES string of the molecule is CCCS(=O)(=O)N1CCn2cc(C(=O)NCC3CCC3)nc2C1C. The maximum Gasteiger partial charge on any atom is 0.271 e. The number of sulfonamides is 1. The highest BCUT2D eigenvalue weighted by Crippen LogP contribution is 2.28. The van der Waals surface area contributed by atoms with Crippen molar-refractivity contribution in [2.24, 2.45) is 5.92 Å². The second kappa shape index (κ2) is 6.84. The van der Waals surface area contributed by atoms with E-state index in [1.54, 1.807) is 6.20 Å². The minimum Gasteiger partial charge on any atom is -0.350 e. The van der Waals surface area contributed by atoms with E-state index < -0.39 is 10.0 Å². The molecule has 7 nitrogen and oxygen atoms in total. The first kappa shape index (κ1) is 17.4. The fourth-order valence-electron chi connectivity index (χ4n) is 3.36. The number of nitrogens with one attached hydrogen (secondary N) is 1. The fourth-order valence-corrected chi connectivity index (χ4v) is 5.05. The van der Waals surface area contributed by atoms with Crippen molar-refractivity contribution in [2.75, 3.05) is 18.8 Å². The molecule has 1 fully saturated rings. The Morgan fingerprint density at radius 1 is 1.38 bits per heavy atom. The number of imidazole rings is 1. The van der Waals surface area contributed by atoms with Crippen molar-refractivity contribution >= 4 is 15.9 Å². The summed E-state index contributed by atoms with van der Waals surface area (Å²) in [6, 6.07) is -0.344. The first-order valence-electron chi connectivity index (χ1n) is 8.77. The van der Waals surface area contributed by atoms with Crippen molar-refractivity contribution in [3.05, 3.63) is 17.7 Å². The number of fused-ring (bicyclic) bond motifs is 1. The first-order chi connectivity index (χ1) is 11.4. The normalized spacial score (nSPS) is 22.0. The van der Waals surface area contributed by atoms with Gasteiger partial charge in [-0.05, 0) is 32.1 Å². The number of carbonyl (C=O) groups excluding carboxylic acids is 1. The molecule has 1 N–H and O–H groups in total. The van der Waals surface area contributed by atoms with Gasteiger partial charge in [-0.25, -0.2) is 13.4 Å². The monoisotopic (exact) mass is 354 g/mol. The van der Waals surface area contributed by atoms with Gasteiger partial charge in [-0.15, -0.1) is 0 Å². The van der Waals surface area contributed by atoms with E-state index in [2.05, 4.69) is 10.3 Å². The van der Waals surface area contributed by atoms with Crippen LogP contribution in [0, 0.1) is 5.92 Å². The van der Waals surface area contributed by atoms with Crippen molar-refractivity contribution < 1.29 is 13.2 Å². The van der Waals surface area contributed by atoms with E-state index in [0.717, 1.165) is 0 Å². The van der Waals surface area contributed by atoms with Gasteiger partial charge in [-0.1, -0.05) is 13.3 Å². The van der Waals surface area contributed by atoms with Crippen LogP contribution in [0.2, 0.25) is 0 Å². The standard InChI is InChI=1S/C16H26N4O3S/c1-3-9-24(22,23)20-8-7-19-11-14(18-15(19)12(20)2)16(21)17-10-13-5-4-6-13/h11-13H,3-10H2,1-2H3,(H,17,21). The third-order valence-electron chi connectivity index (χ3n) is 5.00. The zero-order valence-corrected chi connectivity index (χ0v) is 15.2. The van der Waals surface area contributed by atoms with Crippen molar-refractivity contribution in [3.63, 3.8) is 0 Å². The van der Waals surface area contributed by atoms with Crippen molar-refractivity contribution in [2.45, 2.75) is 52.1 Å². The number of aromatic nitrogens is 2. The van der Waals surface area contributed by atoms with Crippen LogP contribution in [0.15, 0.2) is 6.20 Å². The molecule has 1 atom stereocenters. The molecule has 2 aliphatic rings. The van der Waals surface area contributed by atoms with E-state index >= 15 is 0 Å². The molecule has 3 rings (SSSR count). The molecule has 1 aliphatic heterocycles. The molecule has 2 heterocycles. The molecule has 1 aromatic heterocycles. The highest BCUT2D eigenvalue weighted by Gasteiger charge is 2.34. The van der Waals surface area contributed by atoms with Crippen LogP contribution in [-0.2, 0) is 16.6 Å². The number of hydrogen-bond donors (Lipinski definition) is 1. The van der Waals surface area contributed by atoms with Crippen LogP contribution in [0.3, 0.4) is 0 Å². The van der Waals surface area contributed by atoms with Gasteiger partial charge in [0.2, 0.25) is 10.0 Å². The van der Waals surface area contributed by atoms with Crippen molar-refractivity contribution in [3.8, 4) is 0 Å². The average molecular weight is 354 g/mol. The largest absolute Gasteiger partial charge is 0.350 e. The van der Waals surface area contributed by atoms with Gasteiger partial charge in [-0.2, -0.15) is 4.31 Å². The summed E-state index contributed by atoms with van der Waals surface area (Å²) in [5.41, 5.74) is 0.380. The van der Waals surface area contributed by atoms with Gasteiger partial charge in [0.05, 0.1) is 11.8 Å². The maximum atomic E-state index is 12.4. The van der Waals surface area contributed by atoms with Gasteiger partial charge in [0.1, 0.15) is 11.5 Å². The maximum absolute atomic E-state index is 12.4. The number of amides is 1. The third-order valence-corrected chi connectivity index (χ3v) is 7.14. The Morgan fingerprint density at radius 3 is 2.75 bits per heavy atom. The van der Waals surface area contributed by atoms with E-state index in [4.69, 9.17) is 0 Å². The predicted octanol–water partition coefficient (Wildman–Crippen LogP) is 1.53. The highest BCUT2D eigenvalue weighted by molar-refractivity contribution is 7.89. The third kappa shape index (κ3) is 3.35. The van der Waals surface area contributed by atoms with Gasteiger partial charge in [0, 0.05) is 25.8 Å². The summed E-state index contributed by atoms with van der Waals surface area (Å²) < 4.78 is 28.2. The molecule has 0 radical (unpaired) electrons. The van der Waals surface area contributed by atoms with Crippen LogP contribution in [0.1, 0.15) is 61.9 Å². The molecule has 1 amide bonds. The van der Waals surface area contributed by atoms with E-state index in [1.165, 1.54) is 23.6 Å². The Kier molecular flexibility index (Phi) is 4.96. The molecule has 1 unspecified atom stereocenters. The number of carbonyl (C=O) groups is 1. The van der Waals surface area contributed by atoms with Gasteiger partial charge in [0.15, 0.2) is 0 Å². The Morgan fingerprint density at radius 2 is 2.12 bits per heavy atom. The lowest BCUT2D eigenvalue weighted by Gasteiger charge is -2.32. The minimum absolute atomic E-state index is 0.146. The van der Waals surface area contributed by atoms with Gasteiger partial charge in [-0.3, -0.25) is 4.79 Å². The molecule has 134 valence electrons. The second-order valence-electron chi connectivity index (χ2n) is 6.79. The Balaban J connectivity index is 1.72. The van der Waals surface area contributed by atoms with Gasteiger partial charge < -0.3 is 9.88 Å². The minimum atomic E-state index is -3.27. The second-order valence-corrected chi connectivity index (χ2v) is 8.83. The molecule has 8 heteroatoms. The molecular formula is C16H26N4O3S. The summed E-state index contributed by atoms with van der Waals surface area (Å²) in [6.07, 6.45) is 5.95. The van der Waals surface area contributed by atoms with E-state index in [9.17, 15) is 13.2 Å². The summed E-state index contributed by atoms with van der Waals surface area (Å²) in [7, 11) is -3.27. The van der Waals surface area contributed by atoms with Crippen LogP contribution >= 0.6 is 0 Å². The van der Waals surface area contributed by atoms with Crippen LogP contribution in [0.25, 0.3) is 0 Å². The summed E-state index contributed by atoms with van der Waals surface area (Å²) >= 11 is 0. The molecule has 0 spiro atoms. The number of nitrogens with zero attached hydrogens (tertiary/aromatic N) is 3. The smallest absolute Gasteiger partial charge is 0.271 e. The van der Waals surface area contributed by atoms with Crippen molar-refractivity contribution in [1.82, 2.24) is 19.2 Å². The number of rotatable bonds is 6. The van der Waals surface area contributed by atoms with E-state index in [1.807, 2.05) is 18.4 Å². The van der Waals surface area contributed by atoms with Gasteiger partial charge >= 0.3 is 0 Å². The summed E-state index contributed by atoms with van der Waals surface area (Å²) in [4.78, 5) is 16.7. The average Bonchev–Trinajstić information content (AvgIpc) is 2.90. The Hall–Kier alpha value is -1.41. The fraction of sp³-hybridized carbons (Fsp3) is 0.750. The van der Waals surface area contributed by atoms with E-state index in [0.29, 0.717) is 43.5 Å². The number of hydrogen-bond acceptors (Lipinski definition) is 4. The summed E-state index contributed by atoms with van der Waals surface area (Å²) in [6.45, 7) is 5.36. The molecule has 24 heavy (non-hydrogen) atoms. The zero-order chi connectivity index (χ0) is 17.3. The van der Waals surface area contributed by atoms with E-state index in [-0.39, 0.29) is 17.7 Å². The summed E-state index contributed by atoms with van der Waals surface area (Å²) in [5.74, 6) is 1.22. The lowest BCUT2D eigenvalue weighted by atomic mass is 9.85. The lowest BCUT2D eigenvalue weighted by molar-refractivity contribution is 0.0934. The highest BCUT2D eigenvalue weighted by atomic mass is 32.2. The summed E-state index contributed by atoms with van der Waals surface area (Å²) in [5, 5.41) is 2.94. The molecule has 1 aliphatic carbocycles. The topological polar surface area (TPSA) is 84.3 Å². The Bertz CT molecular complexity index is 709. The first-order valence-corrected chi connectivity index (χ1v) is 10.4. The Labute approximate surface area is 143 Å². The molecule has 1 saturated carbocycles. The lowest BCUT2D eigenvalue weighted by Crippen LogP contribution is -2.42. The van der Waals surface area contributed by atoms with Crippen LogP contribution in [-0.4, -0.2) is 47.0 Å². The van der Waals surface area contributed by atoms with Gasteiger partial charge in [0.25, 0.3) is 5.91 Å². The van der Waals surface area contributed by atoms with Crippen molar-refractivity contribution in [1.29, 1.82) is 0 Å². The van der Waals surface area contributed by atoms with Crippen LogP contribution in [0.4, 0.5) is 0 Å². The molecular weight excluding hydrogens is 328 g/mol. The molecule has 0 saturated heterocycles. The van der Waals surface area contributed by atoms with Crippen LogP contribution in [0.5, 0.6) is 0 Å². The molecule has 0 aromatic carbocycles. The zero-order valence-electron chi connectivity index (χ0n) is 14.4. The molecule has 0 bridgehead atoms. The van der Waals surface area contributed by atoms with Crippen LogP contribution < -0.4 is 5.32 Å². The molecule has 1 aromatic rings. The quantitative estimate of drug-likeness (QED) is 0.840. The predicted molar refractivity (Wildman–Crippen MR) is 91.1 cm³/mol.